The number of benzene rings is 2. The lowest BCUT2D eigenvalue weighted by molar-refractivity contribution is -0.123. The van der Waals surface area contributed by atoms with Crippen molar-refractivity contribution in [3.8, 4) is 5.75 Å². The number of rotatable bonds is 9. The maximum absolute atomic E-state index is 11.9. The molecule has 0 aromatic heterocycles. The first-order chi connectivity index (χ1) is 13.6. The van der Waals surface area contributed by atoms with Crippen LogP contribution in [0.1, 0.15) is 29.8 Å². The quantitative estimate of drug-likeness (QED) is 0.594. The standard InChI is InChI=1S/C20H24N2O6S/c1-14(2)28-20(24)16-5-7-17(8-6-16)27-13-19(23)22-12-11-15-3-9-18(10-4-15)29(21,25)26/h3-10,14H,11-13H2,1-2H3,(H,22,23)(H2,21,25,26). The van der Waals surface area contributed by atoms with Crippen molar-refractivity contribution in [2.45, 2.75) is 31.3 Å². The van der Waals surface area contributed by atoms with E-state index in [9.17, 15) is 18.0 Å². The highest BCUT2D eigenvalue weighted by Gasteiger charge is 2.10. The molecule has 0 aliphatic rings. The Morgan fingerprint density at radius 1 is 1.03 bits per heavy atom. The van der Waals surface area contributed by atoms with E-state index in [-0.39, 0.29) is 23.5 Å². The van der Waals surface area contributed by atoms with Crippen LogP contribution in [0.25, 0.3) is 0 Å². The Hall–Kier alpha value is -2.91. The molecule has 0 saturated carbocycles. The summed E-state index contributed by atoms with van der Waals surface area (Å²) in [5.41, 5.74) is 1.27. The zero-order valence-corrected chi connectivity index (χ0v) is 17.1. The summed E-state index contributed by atoms with van der Waals surface area (Å²) in [5.74, 6) is -0.254. The van der Waals surface area contributed by atoms with Crippen LogP contribution in [0, 0.1) is 0 Å². The van der Waals surface area contributed by atoms with E-state index >= 15 is 0 Å². The number of amides is 1. The van der Waals surface area contributed by atoms with E-state index in [0.717, 1.165) is 5.56 Å². The van der Waals surface area contributed by atoms with E-state index in [1.54, 1.807) is 50.2 Å². The minimum absolute atomic E-state index is 0.0437. The van der Waals surface area contributed by atoms with Crippen molar-refractivity contribution in [2.24, 2.45) is 5.14 Å². The van der Waals surface area contributed by atoms with Crippen molar-refractivity contribution in [1.82, 2.24) is 5.32 Å². The third-order valence-corrected chi connectivity index (χ3v) is 4.72. The highest BCUT2D eigenvalue weighted by atomic mass is 32.2. The van der Waals surface area contributed by atoms with Crippen LogP contribution < -0.4 is 15.2 Å². The highest BCUT2D eigenvalue weighted by Crippen LogP contribution is 2.13. The van der Waals surface area contributed by atoms with E-state index in [0.29, 0.717) is 24.3 Å². The third-order valence-electron chi connectivity index (χ3n) is 3.79. The molecule has 0 unspecified atom stereocenters. The van der Waals surface area contributed by atoms with Crippen LogP contribution in [0.5, 0.6) is 5.75 Å². The van der Waals surface area contributed by atoms with Crippen LogP contribution >= 0.6 is 0 Å². The Balaban J connectivity index is 1.74. The molecule has 2 aromatic rings. The van der Waals surface area contributed by atoms with Gasteiger partial charge in [-0.15, -0.1) is 0 Å². The molecular formula is C20H24N2O6S. The number of primary sulfonamides is 1. The molecule has 0 aliphatic heterocycles. The van der Waals surface area contributed by atoms with Gasteiger partial charge in [0, 0.05) is 6.54 Å². The van der Waals surface area contributed by atoms with Crippen LogP contribution in [-0.2, 0) is 26.0 Å². The molecule has 2 rings (SSSR count). The van der Waals surface area contributed by atoms with Crippen molar-refractivity contribution in [2.75, 3.05) is 13.2 Å². The molecule has 29 heavy (non-hydrogen) atoms. The first-order valence-electron chi connectivity index (χ1n) is 8.97. The van der Waals surface area contributed by atoms with E-state index in [1.807, 2.05) is 0 Å². The number of carbonyl (C=O) groups is 2. The zero-order valence-electron chi connectivity index (χ0n) is 16.3. The first kappa shape index (κ1) is 22.4. The molecule has 0 spiro atoms. The summed E-state index contributed by atoms with van der Waals surface area (Å²) >= 11 is 0. The summed E-state index contributed by atoms with van der Waals surface area (Å²) in [5, 5.41) is 7.76. The minimum Gasteiger partial charge on any atom is -0.484 e. The number of carbonyl (C=O) groups excluding carboxylic acids is 2. The van der Waals surface area contributed by atoms with Gasteiger partial charge in [0.05, 0.1) is 16.6 Å². The molecule has 0 heterocycles. The van der Waals surface area contributed by atoms with Crippen LogP contribution in [0.3, 0.4) is 0 Å². The molecule has 0 fully saturated rings. The van der Waals surface area contributed by atoms with Gasteiger partial charge in [0.15, 0.2) is 6.61 Å². The van der Waals surface area contributed by atoms with E-state index < -0.39 is 16.0 Å². The van der Waals surface area contributed by atoms with E-state index in [1.165, 1.54) is 12.1 Å². The topological polar surface area (TPSA) is 125 Å². The Morgan fingerprint density at radius 2 is 1.66 bits per heavy atom. The molecule has 0 bridgehead atoms. The molecule has 0 aliphatic carbocycles. The van der Waals surface area contributed by atoms with Gasteiger partial charge in [0.25, 0.3) is 5.91 Å². The lowest BCUT2D eigenvalue weighted by Crippen LogP contribution is -2.30. The molecule has 8 nitrogen and oxygen atoms in total. The Bertz CT molecular complexity index is 938. The number of esters is 1. The van der Waals surface area contributed by atoms with Gasteiger partial charge in [-0.2, -0.15) is 0 Å². The fourth-order valence-electron chi connectivity index (χ4n) is 2.36. The number of nitrogens with two attached hydrogens (primary N) is 1. The smallest absolute Gasteiger partial charge is 0.338 e. The zero-order chi connectivity index (χ0) is 21.4. The average molecular weight is 420 g/mol. The molecule has 9 heteroatoms. The Morgan fingerprint density at radius 3 is 2.21 bits per heavy atom. The summed E-state index contributed by atoms with van der Waals surface area (Å²) in [6.07, 6.45) is 0.331. The van der Waals surface area contributed by atoms with Crippen LogP contribution in [0.4, 0.5) is 0 Å². The van der Waals surface area contributed by atoms with Gasteiger partial charge >= 0.3 is 5.97 Å². The number of ether oxygens (including phenoxy) is 2. The molecular weight excluding hydrogens is 396 g/mol. The minimum atomic E-state index is -3.71. The normalized spacial score (nSPS) is 11.2. The largest absolute Gasteiger partial charge is 0.484 e. The molecule has 3 N–H and O–H groups in total. The second-order valence-electron chi connectivity index (χ2n) is 6.56. The number of nitrogens with one attached hydrogen (secondary N) is 1. The van der Waals surface area contributed by atoms with Crippen LogP contribution in [0.15, 0.2) is 53.4 Å². The summed E-state index contributed by atoms with van der Waals surface area (Å²) < 4.78 is 32.9. The molecule has 0 saturated heterocycles. The van der Waals surface area contributed by atoms with Gasteiger partial charge in [0.2, 0.25) is 10.0 Å². The van der Waals surface area contributed by atoms with E-state index in [4.69, 9.17) is 14.6 Å². The lowest BCUT2D eigenvalue weighted by atomic mass is 10.1. The molecule has 156 valence electrons. The summed E-state index contributed by atoms with van der Waals surface area (Å²) in [7, 11) is -3.71. The van der Waals surface area contributed by atoms with Gasteiger partial charge in [-0.3, -0.25) is 4.79 Å². The summed E-state index contributed by atoms with van der Waals surface area (Å²) in [4.78, 5) is 23.7. The van der Waals surface area contributed by atoms with Gasteiger partial charge < -0.3 is 14.8 Å². The molecule has 1 amide bonds. The predicted molar refractivity (Wildman–Crippen MR) is 107 cm³/mol. The number of sulfonamides is 1. The van der Waals surface area contributed by atoms with Crippen molar-refractivity contribution in [3.05, 3.63) is 59.7 Å². The number of hydrogen-bond donors (Lipinski definition) is 2. The maximum atomic E-state index is 11.9. The predicted octanol–water partition coefficient (Wildman–Crippen LogP) is 1.64. The Kier molecular flexibility index (Phi) is 7.74. The highest BCUT2D eigenvalue weighted by molar-refractivity contribution is 7.89. The van der Waals surface area contributed by atoms with Crippen molar-refractivity contribution in [1.29, 1.82) is 0 Å². The fourth-order valence-corrected chi connectivity index (χ4v) is 2.88. The van der Waals surface area contributed by atoms with Gasteiger partial charge in [-0.1, -0.05) is 12.1 Å². The van der Waals surface area contributed by atoms with Crippen LogP contribution in [-0.4, -0.2) is 39.5 Å². The molecule has 2 aromatic carbocycles. The van der Waals surface area contributed by atoms with Gasteiger partial charge in [-0.05, 0) is 62.2 Å². The maximum Gasteiger partial charge on any atom is 0.338 e. The van der Waals surface area contributed by atoms with Crippen molar-refractivity contribution >= 4 is 21.9 Å². The fraction of sp³-hybridized carbons (Fsp3) is 0.300. The lowest BCUT2D eigenvalue weighted by Gasteiger charge is -2.10. The van der Waals surface area contributed by atoms with Crippen molar-refractivity contribution < 1.29 is 27.5 Å². The molecule has 0 radical (unpaired) electrons. The average Bonchev–Trinajstić information content (AvgIpc) is 2.66. The summed E-state index contributed by atoms with van der Waals surface area (Å²) in [6.45, 7) is 3.75. The Labute approximate surface area is 170 Å². The monoisotopic (exact) mass is 420 g/mol. The second kappa shape index (κ2) is 10.0. The van der Waals surface area contributed by atoms with Crippen LogP contribution in [0.2, 0.25) is 0 Å². The third kappa shape index (κ3) is 7.55. The second-order valence-corrected chi connectivity index (χ2v) is 8.12. The summed E-state index contributed by atoms with van der Waals surface area (Å²) in [6, 6.07) is 12.5. The SMILES string of the molecule is CC(C)OC(=O)c1ccc(OCC(=O)NCCc2ccc(S(N)(=O)=O)cc2)cc1. The van der Waals surface area contributed by atoms with Crippen molar-refractivity contribution in [3.63, 3.8) is 0 Å². The van der Waals surface area contributed by atoms with Gasteiger partial charge in [-0.25, -0.2) is 18.4 Å². The molecule has 0 atom stereocenters. The van der Waals surface area contributed by atoms with Gasteiger partial charge in [0.1, 0.15) is 5.75 Å². The van der Waals surface area contributed by atoms with E-state index in [2.05, 4.69) is 5.32 Å². The number of hydrogen-bond acceptors (Lipinski definition) is 6. The first-order valence-corrected chi connectivity index (χ1v) is 10.5.